The minimum Gasteiger partial charge on any atom is -0.507 e. The van der Waals surface area contributed by atoms with Gasteiger partial charge in [0.05, 0.1) is 0 Å². The number of para-hydroxylation sites is 1. The molecule has 0 fully saturated rings. The number of hydrogen-bond acceptors (Lipinski definition) is 3. The zero-order valence-electron chi connectivity index (χ0n) is 14.7. The number of benzene rings is 1. The fourth-order valence-corrected chi connectivity index (χ4v) is 2.22. The molecule has 0 aliphatic heterocycles. The van der Waals surface area contributed by atoms with Gasteiger partial charge in [0.25, 0.3) is 0 Å². The molecule has 0 spiro atoms. The van der Waals surface area contributed by atoms with Gasteiger partial charge < -0.3 is 10.0 Å². The van der Waals surface area contributed by atoms with Gasteiger partial charge in [0.2, 0.25) is 5.91 Å². The number of nitrogens with zero attached hydrogens (tertiary/aromatic N) is 2. The average Bonchev–Trinajstić information content (AvgIpc) is 2.38. The summed E-state index contributed by atoms with van der Waals surface area (Å²) in [7, 11) is 3.45. The van der Waals surface area contributed by atoms with Crippen LogP contribution < -0.4 is 0 Å². The van der Waals surface area contributed by atoms with E-state index >= 15 is 0 Å². The lowest BCUT2D eigenvalue weighted by Gasteiger charge is -2.22. The highest BCUT2D eigenvalue weighted by atomic mass is 16.3. The molecule has 1 N–H and O–H groups in total. The van der Waals surface area contributed by atoms with Gasteiger partial charge >= 0.3 is 0 Å². The van der Waals surface area contributed by atoms with Crippen molar-refractivity contribution in [2.75, 3.05) is 14.1 Å². The molecule has 0 aliphatic rings. The lowest BCUT2D eigenvalue weighted by molar-refractivity contribution is -0.130. The maximum atomic E-state index is 12.2. The van der Waals surface area contributed by atoms with Crippen molar-refractivity contribution in [3.8, 4) is 5.75 Å². The first kappa shape index (κ1) is 18.2. The van der Waals surface area contributed by atoms with E-state index in [1.54, 1.807) is 25.2 Å². The van der Waals surface area contributed by atoms with E-state index in [9.17, 15) is 9.90 Å². The van der Waals surface area contributed by atoms with E-state index in [1.165, 1.54) is 0 Å². The first-order valence-electron chi connectivity index (χ1n) is 7.62. The van der Waals surface area contributed by atoms with Gasteiger partial charge in [0.1, 0.15) is 11.8 Å². The van der Waals surface area contributed by atoms with Crippen LogP contribution in [0.25, 0.3) is 0 Å². The van der Waals surface area contributed by atoms with E-state index in [-0.39, 0.29) is 23.0 Å². The molecule has 4 nitrogen and oxygen atoms in total. The van der Waals surface area contributed by atoms with Gasteiger partial charge in [0, 0.05) is 25.9 Å². The number of hydrogen-bond donors (Lipinski definition) is 1. The Labute approximate surface area is 133 Å². The Morgan fingerprint density at radius 3 is 2.32 bits per heavy atom. The number of carbonyl (C=O) groups excluding carboxylic acids is 1. The fraction of sp³-hybridized carbons (Fsp3) is 0.556. The minimum absolute atomic E-state index is 0.0299. The molecule has 1 amide bonds. The summed E-state index contributed by atoms with van der Waals surface area (Å²) in [4.78, 5) is 18.1. The quantitative estimate of drug-likeness (QED) is 0.868. The number of rotatable bonds is 4. The van der Waals surface area contributed by atoms with Gasteiger partial charge in [-0.15, -0.1) is 0 Å². The van der Waals surface area contributed by atoms with Crippen LogP contribution in [0, 0.1) is 5.92 Å². The summed E-state index contributed by atoms with van der Waals surface area (Å²) in [6, 6.07) is 5.19. The molecule has 0 radical (unpaired) electrons. The number of likely N-dealkylation sites (N-methyl/N-ethyl adjacent to an activating group) is 1. The molecule has 0 aromatic heterocycles. The normalized spacial score (nSPS) is 13.6. The molecule has 1 aromatic rings. The van der Waals surface area contributed by atoms with Gasteiger partial charge in [-0.1, -0.05) is 46.8 Å². The van der Waals surface area contributed by atoms with Gasteiger partial charge in [-0.25, -0.2) is 0 Å². The van der Waals surface area contributed by atoms with Gasteiger partial charge in [-0.2, -0.15) is 0 Å². The minimum atomic E-state index is -0.437. The summed E-state index contributed by atoms with van der Waals surface area (Å²) in [5.74, 6) is 0.301. The largest absolute Gasteiger partial charge is 0.507 e. The van der Waals surface area contributed by atoms with Crippen molar-refractivity contribution in [1.82, 2.24) is 4.90 Å². The Morgan fingerprint density at radius 2 is 1.86 bits per heavy atom. The van der Waals surface area contributed by atoms with Gasteiger partial charge in [0.15, 0.2) is 0 Å². The van der Waals surface area contributed by atoms with Crippen molar-refractivity contribution in [1.29, 1.82) is 0 Å². The molecule has 4 heteroatoms. The highest BCUT2D eigenvalue weighted by Crippen LogP contribution is 2.32. The number of aromatic hydroxyl groups is 1. The Bertz CT molecular complexity index is 555. The van der Waals surface area contributed by atoms with E-state index in [4.69, 9.17) is 0 Å². The van der Waals surface area contributed by atoms with Crippen molar-refractivity contribution >= 4 is 12.1 Å². The van der Waals surface area contributed by atoms with Crippen LogP contribution in [0.5, 0.6) is 5.75 Å². The molecule has 122 valence electrons. The highest BCUT2D eigenvalue weighted by molar-refractivity contribution is 5.88. The van der Waals surface area contributed by atoms with Crippen LogP contribution in [0.4, 0.5) is 0 Å². The molecule has 0 heterocycles. The second-order valence-corrected chi connectivity index (χ2v) is 7.19. The maximum Gasteiger partial charge on any atom is 0.247 e. The summed E-state index contributed by atoms with van der Waals surface area (Å²) in [5, 5.41) is 10.4. The van der Waals surface area contributed by atoms with Crippen LogP contribution in [-0.2, 0) is 10.2 Å². The van der Waals surface area contributed by atoms with Crippen molar-refractivity contribution in [2.45, 2.75) is 46.1 Å². The summed E-state index contributed by atoms with van der Waals surface area (Å²) in [6.45, 7) is 10.1. The summed E-state index contributed by atoms with van der Waals surface area (Å²) in [5.41, 5.74) is 1.37. The first-order chi connectivity index (χ1) is 10.1. The van der Waals surface area contributed by atoms with Gasteiger partial charge in [-0.05, 0) is 23.0 Å². The Morgan fingerprint density at radius 1 is 1.27 bits per heavy atom. The third-order valence-electron chi connectivity index (χ3n) is 3.57. The third-order valence-corrected chi connectivity index (χ3v) is 3.57. The average molecular weight is 304 g/mol. The topological polar surface area (TPSA) is 52.9 Å². The van der Waals surface area contributed by atoms with E-state index < -0.39 is 6.04 Å². The zero-order chi connectivity index (χ0) is 17.1. The predicted octanol–water partition coefficient (Wildman–Crippen LogP) is 3.22. The Hall–Kier alpha value is -1.84. The summed E-state index contributed by atoms with van der Waals surface area (Å²) in [6.07, 6.45) is 1.61. The van der Waals surface area contributed by atoms with Crippen LogP contribution in [0.1, 0.15) is 45.7 Å². The third kappa shape index (κ3) is 4.33. The monoisotopic (exact) mass is 304 g/mol. The van der Waals surface area contributed by atoms with E-state index in [2.05, 4.69) is 25.8 Å². The van der Waals surface area contributed by atoms with Crippen molar-refractivity contribution in [3.05, 3.63) is 29.3 Å². The second-order valence-electron chi connectivity index (χ2n) is 7.19. The first-order valence-corrected chi connectivity index (χ1v) is 7.62. The number of carbonyl (C=O) groups is 1. The van der Waals surface area contributed by atoms with Crippen LogP contribution in [-0.4, -0.2) is 42.3 Å². The molecule has 1 atom stereocenters. The molecule has 22 heavy (non-hydrogen) atoms. The van der Waals surface area contributed by atoms with Crippen molar-refractivity contribution in [2.24, 2.45) is 10.9 Å². The smallest absolute Gasteiger partial charge is 0.247 e. The Kier molecular flexibility index (Phi) is 5.75. The van der Waals surface area contributed by atoms with E-state index in [0.717, 1.165) is 5.56 Å². The molecule has 1 aromatic carbocycles. The summed E-state index contributed by atoms with van der Waals surface area (Å²) < 4.78 is 0. The molecule has 0 saturated heterocycles. The fourth-order valence-electron chi connectivity index (χ4n) is 2.22. The van der Waals surface area contributed by atoms with Crippen molar-refractivity contribution < 1.29 is 9.90 Å². The maximum absolute atomic E-state index is 12.2. The van der Waals surface area contributed by atoms with Crippen LogP contribution in [0.2, 0.25) is 0 Å². The van der Waals surface area contributed by atoms with Crippen LogP contribution in [0.15, 0.2) is 23.2 Å². The molecule has 0 aliphatic carbocycles. The van der Waals surface area contributed by atoms with Crippen molar-refractivity contribution in [3.63, 3.8) is 0 Å². The Balaban J connectivity index is 3.15. The SMILES string of the molecule is CC(C)C(N=Cc1cccc(C(C)(C)C)c1O)C(=O)N(C)C. The van der Waals surface area contributed by atoms with E-state index in [1.807, 2.05) is 32.0 Å². The number of amides is 1. The molecule has 0 saturated carbocycles. The number of phenols is 1. The zero-order valence-corrected chi connectivity index (χ0v) is 14.7. The molecular formula is C18H28N2O2. The molecule has 1 unspecified atom stereocenters. The van der Waals surface area contributed by atoms with Crippen LogP contribution >= 0.6 is 0 Å². The summed E-state index contributed by atoms with van der Waals surface area (Å²) >= 11 is 0. The highest BCUT2D eigenvalue weighted by Gasteiger charge is 2.23. The van der Waals surface area contributed by atoms with Gasteiger partial charge in [-0.3, -0.25) is 9.79 Å². The molecule has 0 bridgehead atoms. The number of phenolic OH excluding ortho intramolecular Hbond substituents is 1. The van der Waals surface area contributed by atoms with Crippen LogP contribution in [0.3, 0.4) is 0 Å². The second kappa shape index (κ2) is 6.95. The lowest BCUT2D eigenvalue weighted by Crippen LogP contribution is -2.35. The standard InChI is InChI=1S/C18H28N2O2/c1-12(2)15(17(22)20(6)7)19-11-13-9-8-10-14(16(13)21)18(3,4)5/h8-12,15,21H,1-7H3. The lowest BCUT2D eigenvalue weighted by atomic mass is 9.85. The predicted molar refractivity (Wildman–Crippen MR) is 91.7 cm³/mol. The number of aliphatic imine (C=N–C) groups is 1. The molecule has 1 rings (SSSR count). The van der Waals surface area contributed by atoms with E-state index in [0.29, 0.717) is 5.56 Å². The molecular weight excluding hydrogens is 276 g/mol.